The van der Waals surface area contributed by atoms with Gasteiger partial charge in [-0.05, 0) is 54.5 Å². The fraction of sp³-hybridized carbons (Fsp3) is 0.500. The average molecular weight is 487 g/mol. The Morgan fingerprint density at radius 2 is 1.94 bits per heavy atom. The van der Waals surface area contributed by atoms with Crippen molar-refractivity contribution >= 4 is 11.8 Å². The van der Waals surface area contributed by atoms with Crippen molar-refractivity contribution in [1.82, 2.24) is 20.9 Å². The van der Waals surface area contributed by atoms with E-state index in [-0.39, 0.29) is 37.6 Å². The summed E-state index contributed by atoms with van der Waals surface area (Å²) in [6.45, 7) is 3.67. The average Bonchev–Trinajstić information content (AvgIpc) is 2.83. The van der Waals surface area contributed by atoms with E-state index in [1.165, 1.54) is 12.1 Å². The number of ether oxygens (including phenoxy) is 1. The number of carbonyl (C=O) groups excluding carboxylic acids is 2. The van der Waals surface area contributed by atoms with E-state index in [9.17, 15) is 19.1 Å². The van der Waals surface area contributed by atoms with Crippen LogP contribution in [0.15, 0.2) is 36.7 Å². The second-order valence-electron chi connectivity index (χ2n) is 8.83. The standard InChI is InChI=1S/C26H35FN4O4/c1-2-18-9-20(15-28-14-18)16-29-17-24(32)23-12-19-10-21(27)13-22(11-19)35-8-4-3-7-30-25(33)5-6-26(34)31-23/h9-11,13-15,23-24,29,32H,2-8,12,16-17H2,1H3,(H,30,33)(H,31,34). The molecule has 0 aliphatic carbocycles. The van der Waals surface area contributed by atoms with Gasteiger partial charge in [0.05, 0.1) is 18.8 Å². The summed E-state index contributed by atoms with van der Waals surface area (Å²) < 4.78 is 19.9. The molecule has 1 aliphatic heterocycles. The molecule has 35 heavy (non-hydrogen) atoms. The predicted octanol–water partition coefficient (Wildman–Crippen LogP) is 2.03. The SMILES string of the molecule is CCc1cncc(CNCC(O)C2Cc3cc(F)cc(c3)OCCCCNC(=O)CCC(=O)N2)c1. The molecule has 0 saturated carbocycles. The van der Waals surface area contributed by atoms with Gasteiger partial charge in [-0.1, -0.05) is 13.0 Å². The summed E-state index contributed by atoms with van der Waals surface area (Å²) in [6.07, 6.45) is 5.24. The van der Waals surface area contributed by atoms with Crippen LogP contribution in [0.5, 0.6) is 5.75 Å². The largest absolute Gasteiger partial charge is 0.493 e. The van der Waals surface area contributed by atoms with Crippen molar-refractivity contribution in [2.24, 2.45) is 0 Å². The Morgan fingerprint density at radius 1 is 1.14 bits per heavy atom. The molecule has 2 amide bonds. The molecule has 2 unspecified atom stereocenters. The van der Waals surface area contributed by atoms with E-state index in [0.717, 1.165) is 24.0 Å². The Labute approximate surface area is 205 Å². The predicted molar refractivity (Wildman–Crippen MR) is 130 cm³/mol. The molecule has 0 radical (unpaired) electrons. The monoisotopic (exact) mass is 486 g/mol. The fourth-order valence-electron chi connectivity index (χ4n) is 3.94. The minimum atomic E-state index is -0.943. The molecule has 0 saturated heterocycles. The Kier molecular flexibility index (Phi) is 10.4. The maximum absolute atomic E-state index is 14.2. The lowest BCUT2D eigenvalue weighted by molar-refractivity contribution is -0.127. The summed E-state index contributed by atoms with van der Waals surface area (Å²) >= 11 is 0. The van der Waals surface area contributed by atoms with Crippen molar-refractivity contribution in [3.63, 3.8) is 0 Å². The number of benzene rings is 1. The fourth-order valence-corrected chi connectivity index (χ4v) is 3.94. The zero-order valence-electron chi connectivity index (χ0n) is 20.2. The molecule has 0 spiro atoms. The van der Waals surface area contributed by atoms with Crippen LogP contribution in [-0.2, 0) is 29.0 Å². The van der Waals surface area contributed by atoms with E-state index in [2.05, 4.69) is 33.9 Å². The molecule has 1 aromatic heterocycles. The maximum Gasteiger partial charge on any atom is 0.220 e. The van der Waals surface area contributed by atoms with Crippen LogP contribution >= 0.6 is 0 Å². The number of aryl methyl sites for hydroxylation is 1. The molecule has 3 rings (SSSR count). The number of rotatable bonds is 6. The van der Waals surface area contributed by atoms with Crippen molar-refractivity contribution in [3.8, 4) is 5.75 Å². The number of pyridine rings is 1. The first-order valence-electron chi connectivity index (χ1n) is 12.2. The highest BCUT2D eigenvalue weighted by Crippen LogP contribution is 2.19. The number of nitrogens with one attached hydrogen (secondary N) is 3. The van der Waals surface area contributed by atoms with Gasteiger partial charge in [-0.2, -0.15) is 0 Å². The summed E-state index contributed by atoms with van der Waals surface area (Å²) in [5, 5.41) is 19.7. The Hall–Kier alpha value is -3.04. The van der Waals surface area contributed by atoms with Gasteiger partial charge in [-0.3, -0.25) is 14.6 Å². The third-order valence-corrected chi connectivity index (χ3v) is 5.88. The van der Waals surface area contributed by atoms with E-state index >= 15 is 0 Å². The third kappa shape index (κ3) is 9.26. The van der Waals surface area contributed by atoms with Crippen LogP contribution in [0, 0.1) is 5.82 Å². The first-order chi connectivity index (χ1) is 16.9. The van der Waals surface area contributed by atoms with Gasteiger partial charge in [-0.25, -0.2) is 4.39 Å². The number of aliphatic hydroxyl groups excluding tert-OH is 1. The zero-order valence-corrected chi connectivity index (χ0v) is 20.2. The quantitative estimate of drug-likeness (QED) is 0.497. The maximum atomic E-state index is 14.2. The molecule has 9 heteroatoms. The number of halogens is 1. The molecular formula is C26H35FN4O4. The first kappa shape index (κ1) is 26.6. The van der Waals surface area contributed by atoms with Crippen molar-refractivity contribution < 1.29 is 23.8 Å². The zero-order chi connectivity index (χ0) is 25.0. The number of aromatic nitrogens is 1. The molecule has 4 N–H and O–H groups in total. The van der Waals surface area contributed by atoms with Crippen LogP contribution in [0.25, 0.3) is 0 Å². The first-order valence-corrected chi connectivity index (χ1v) is 12.2. The normalized spacial score (nSPS) is 18.8. The number of hydrogen-bond donors (Lipinski definition) is 4. The molecule has 2 aromatic rings. The lowest BCUT2D eigenvalue weighted by Gasteiger charge is -2.25. The minimum Gasteiger partial charge on any atom is -0.493 e. The molecule has 1 aromatic carbocycles. The van der Waals surface area contributed by atoms with E-state index in [1.54, 1.807) is 12.3 Å². The van der Waals surface area contributed by atoms with Gasteiger partial charge >= 0.3 is 0 Å². The summed E-state index contributed by atoms with van der Waals surface area (Å²) in [6, 6.07) is 5.81. The lowest BCUT2D eigenvalue weighted by atomic mass is 10.00. The minimum absolute atomic E-state index is 0.00940. The molecule has 2 heterocycles. The van der Waals surface area contributed by atoms with Crippen LogP contribution in [0.1, 0.15) is 49.3 Å². The Morgan fingerprint density at radius 3 is 2.77 bits per heavy atom. The van der Waals surface area contributed by atoms with Gasteiger partial charge in [0, 0.05) is 50.9 Å². The van der Waals surface area contributed by atoms with Crippen LogP contribution in [0.4, 0.5) is 4.39 Å². The Balaban J connectivity index is 1.70. The van der Waals surface area contributed by atoms with Crippen LogP contribution in [0.2, 0.25) is 0 Å². The molecule has 8 nitrogen and oxygen atoms in total. The number of nitrogens with zero attached hydrogens (tertiary/aromatic N) is 1. The number of amides is 2. The smallest absolute Gasteiger partial charge is 0.220 e. The second kappa shape index (κ2) is 13.7. The van der Waals surface area contributed by atoms with E-state index < -0.39 is 18.0 Å². The van der Waals surface area contributed by atoms with Crippen molar-refractivity contribution in [2.75, 3.05) is 19.7 Å². The van der Waals surface area contributed by atoms with Gasteiger partial charge in [-0.15, -0.1) is 0 Å². The molecule has 190 valence electrons. The molecule has 2 bridgehead atoms. The van der Waals surface area contributed by atoms with Gasteiger partial charge in [0.25, 0.3) is 0 Å². The highest BCUT2D eigenvalue weighted by atomic mass is 19.1. The lowest BCUT2D eigenvalue weighted by Crippen LogP contribution is -2.48. The van der Waals surface area contributed by atoms with Crippen LogP contribution < -0.4 is 20.7 Å². The van der Waals surface area contributed by atoms with Crippen LogP contribution in [-0.4, -0.2) is 53.7 Å². The number of hydrogen-bond acceptors (Lipinski definition) is 6. The second-order valence-corrected chi connectivity index (χ2v) is 8.83. The summed E-state index contributed by atoms with van der Waals surface area (Å²) in [5.41, 5.74) is 2.73. The summed E-state index contributed by atoms with van der Waals surface area (Å²) in [5.74, 6) is -0.574. The van der Waals surface area contributed by atoms with E-state index in [4.69, 9.17) is 4.74 Å². The molecule has 1 aliphatic rings. The van der Waals surface area contributed by atoms with Crippen molar-refractivity contribution in [2.45, 2.75) is 64.1 Å². The van der Waals surface area contributed by atoms with Gasteiger partial charge < -0.3 is 25.8 Å². The number of carbonyl (C=O) groups is 2. The summed E-state index contributed by atoms with van der Waals surface area (Å²) in [4.78, 5) is 28.8. The summed E-state index contributed by atoms with van der Waals surface area (Å²) in [7, 11) is 0. The number of aliphatic hydroxyl groups is 1. The molecule has 0 fully saturated rings. The van der Waals surface area contributed by atoms with Crippen molar-refractivity contribution in [3.05, 3.63) is 59.2 Å². The highest BCUT2D eigenvalue weighted by Gasteiger charge is 2.23. The molecule has 2 atom stereocenters. The van der Waals surface area contributed by atoms with Gasteiger partial charge in [0.1, 0.15) is 11.6 Å². The van der Waals surface area contributed by atoms with Gasteiger partial charge in [0.15, 0.2) is 0 Å². The Bertz CT molecular complexity index is 988. The molecular weight excluding hydrogens is 451 g/mol. The van der Waals surface area contributed by atoms with E-state index in [1.807, 2.05) is 6.20 Å². The van der Waals surface area contributed by atoms with Gasteiger partial charge in [0.2, 0.25) is 11.8 Å². The van der Waals surface area contributed by atoms with E-state index in [0.29, 0.717) is 37.4 Å². The third-order valence-electron chi connectivity index (χ3n) is 5.88. The number of fused-ring (bicyclic) bond motifs is 2. The van der Waals surface area contributed by atoms with Crippen LogP contribution in [0.3, 0.4) is 0 Å². The highest BCUT2D eigenvalue weighted by molar-refractivity contribution is 5.83. The van der Waals surface area contributed by atoms with Crippen molar-refractivity contribution in [1.29, 1.82) is 0 Å². The topological polar surface area (TPSA) is 113 Å².